The molecule has 2 aromatic carbocycles. The third kappa shape index (κ3) is 6.49. The van der Waals surface area contributed by atoms with Crippen molar-refractivity contribution in [1.82, 2.24) is 5.32 Å². The lowest BCUT2D eigenvalue weighted by Gasteiger charge is -2.30. The van der Waals surface area contributed by atoms with E-state index in [1.165, 1.54) is 4.31 Å². The van der Waals surface area contributed by atoms with Crippen LogP contribution >= 0.6 is 0 Å². The molecular weight excluding hydrogens is 400 g/mol. The maximum absolute atomic E-state index is 12.9. The minimum Gasteiger partial charge on any atom is -0.494 e. The Hall–Kier alpha value is -2.54. The molecule has 1 amide bonds. The Morgan fingerprint density at radius 3 is 2.50 bits per heavy atom. The van der Waals surface area contributed by atoms with Gasteiger partial charge in [0, 0.05) is 6.54 Å². The van der Waals surface area contributed by atoms with Crippen molar-refractivity contribution in [2.75, 3.05) is 23.7 Å². The van der Waals surface area contributed by atoms with E-state index >= 15 is 0 Å². The van der Waals surface area contributed by atoms with E-state index in [0.717, 1.165) is 36.0 Å². The van der Waals surface area contributed by atoms with Gasteiger partial charge in [-0.25, -0.2) is 8.42 Å². The van der Waals surface area contributed by atoms with Crippen molar-refractivity contribution in [3.8, 4) is 5.75 Å². The molecule has 30 heavy (non-hydrogen) atoms. The molecule has 1 unspecified atom stereocenters. The standard InChI is InChI=1S/C23H32N2O4S/c1-5-21(25(30(4,27)28)20-14-9-11-18(3)17-20)23(26)24-16-10-13-19-12-7-8-15-22(19)29-6-2/h7-9,11-12,14-15,17,21H,5-6,10,13,16H2,1-4H3,(H,24,26). The second-order valence-electron chi connectivity index (χ2n) is 7.26. The molecule has 0 spiro atoms. The van der Waals surface area contributed by atoms with E-state index in [9.17, 15) is 13.2 Å². The molecule has 0 aliphatic rings. The molecule has 0 aliphatic carbocycles. The lowest BCUT2D eigenvalue weighted by Crippen LogP contribution is -2.49. The van der Waals surface area contributed by atoms with Crippen LogP contribution in [0.15, 0.2) is 48.5 Å². The van der Waals surface area contributed by atoms with Crippen LogP contribution in [-0.4, -0.2) is 39.8 Å². The molecular formula is C23H32N2O4S. The van der Waals surface area contributed by atoms with E-state index < -0.39 is 16.1 Å². The second-order valence-corrected chi connectivity index (χ2v) is 9.12. The molecule has 0 heterocycles. The molecule has 0 aliphatic heterocycles. The molecule has 0 saturated heterocycles. The Balaban J connectivity index is 2.04. The molecule has 0 saturated carbocycles. The van der Waals surface area contributed by atoms with Crippen molar-refractivity contribution in [2.24, 2.45) is 0 Å². The molecule has 0 fully saturated rings. The van der Waals surface area contributed by atoms with Gasteiger partial charge in [0.1, 0.15) is 11.8 Å². The summed E-state index contributed by atoms with van der Waals surface area (Å²) in [4.78, 5) is 12.9. The van der Waals surface area contributed by atoms with Crippen molar-refractivity contribution >= 4 is 21.6 Å². The number of rotatable bonds is 11. The smallest absolute Gasteiger partial charge is 0.243 e. The topological polar surface area (TPSA) is 75.7 Å². The number of hydrogen-bond acceptors (Lipinski definition) is 4. The molecule has 7 heteroatoms. The van der Waals surface area contributed by atoms with Gasteiger partial charge in [-0.3, -0.25) is 9.10 Å². The van der Waals surface area contributed by atoms with Crippen LogP contribution in [0.25, 0.3) is 0 Å². The Kier molecular flexibility index (Phi) is 8.72. The molecule has 2 rings (SSSR count). The molecule has 0 bridgehead atoms. The van der Waals surface area contributed by atoms with Crippen molar-refractivity contribution in [1.29, 1.82) is 0 Å². The highest BCUT2D eigenvalue weighted by molar-refractivity contribution is 7.92. The number of benzene rings is 2. The quantitative estimate of drug-likeness (QED) is 0.550. The Labute approximate surface area is 180 Å². The predicted octanol–water partition coefficient (Wildman–Crippen LogP) is 3.69. The van der Waals surface area contributed by atoms with Gasteiger partial charge >= 0.3 is 0 Å². The summed E-state index contributed by atoms with van der Waals surface area (Å²) in [5.74, 6) is 0.572. The number of hydrogen-bond donors (Lipinski definition) is 1. The molecule has 1 atom stereocenters. The van der Waals surface area contributed by atoms with E-state index in [4.69, 9.17) is 4.74 Å². The summed E-state index contributed by atoms with van der Waals surface area (Å²) in [6.07, 6.45) is 3.01. The average Bonchev–Trinajstić information content (AvgIpc) is 2.69. The summed E-state index contributed by atoms with van der Waals surface area (Å²) >= 11 is 0. The van der Waals surface area contributed by atoms with Crippen LogP contribution in [0.3, 0.4) is 0 Å². The van der Waals surface area contributed by atoms with Crippen molar-refractivity contribution < 1.29 is 17.9 Å². The van der Waals surface area contributed by atoms with Gasteiger partial charge in [-0.1, -0.05) is 37.3 Å². The Bertz CT molecular complexity index is 944. The Morgan fingerprint density at radius 2 is 1.87 bits per heavy atom. The summed E-state index contributed by atoms with van der Waals surface area (Å²) in [6, 6.07) is 14.3. The highest BCUT2D eigenvalue weighted by Crippen LogP contribution is 2.23. The number of carbonyl (C=O) groups is 1. The van der Waals surface area contributed by atoms with Gasteiger partial charge in [-0.05, 0) is 62.4 Å². The van der Waals surface area contributed by atoms with Gasteiger partial charge in [0.25, 0.3) is 0 Å². The van der Waals surface area contributed by atoms with Crippen LogP contribution in [0.4, 0.5) is 5.69 Å². The van der Waals surface area contributed by atoms with Crippen LogP contribution in [0.2, 0.25) is 0 Å². The molecule has 2 aromatic rings. The largest absolute Gasteiger partial charge is 0.494 e. The third-order valence-corrected chi connectivity index (χ3v) is 5.96. The van der Waals surface area contributed by atoms with Crippen LogP contribution in [0.1, 0.15) is 37.8 Å². The van der Waals surface area contributed by atoms with Gasteiger partial charge in [0.2, 0.25) is 15.9 Å². The first-order valence-electron chi connectivity index (χ1n) is 10.3. The van der Waals surface area contributed by atoms with Gasteiger partial charge in [0.05, 0.1) is 18.6 Å². The fourth-order valence-electron chi connectivity index (χ4n) is 3.44. The van der Waals surface area contributed by atoms with Crippen LogP contribution in [0.5, 0.6) is 5.75 Å². The Morgan fingerprint density at radius 1 is 1.13 bits per heavy atom. The molecule has 6 nitrogen and oxygen atoms in total. The zero-order valence-corrected chi connectivity index (χ0v) is 19.0. The summed E-state index contributed by atoms with van der Waals surface area (Å²) in [5.41, 5.74) is 2.53. The molecule has 1 N–H and O–H groups in total. The number of ether oxygens (including phenoxy) is 1. The predicted molar refractivity (Wildman–Crippen MR) is 122 cm³/mol. The fraction of sp³-hybridized carbons (Fsp3) is 0.435. The normalized spacial score (nSPS) is 12.3. The van der Waals surface area contributed by atoms with Crippen LogP contribution in [-0.2, 0) is 21.2 Å². The number of carbonyl (C=O) groups excluding carboxylic acids is 1. The number of nitrogens with zero attached hydrogens (tertiary/aromatic N) is 1. The fourth-order valence-corrected chi connectivity index (χ4v) is 4.64. The number of aryl methyl sites for hydroxylation is 2. The first-order valence-corrected chi connectivity index (χ1v) is 12.2. The third-order valence-electron chi connectivity index (χ3n) is 4.78. The molecule has 0 aromatic heterocycles. The zero-order chi connectivity index (χ0) is 22.1. The van der Waals surface area contributed by atoms with Gasteiger partial charge in [-0.15, -0.1) is 0 Å². The van der Waals surface area contributed by atoms with E-state index in [1.807, 2.05) is 51.1 Å². The molecule has 164 valence electrons. The second kappa shape index (κ2) is 11.0. The van der Waals surface area contributed by atoms with E-state index in [1.54, 1.807) is 18.2 Å². The van der Waals surface area contributed by atoms with Gasteiger partial charge in [0.15, 0.2) is 0 Å². The number of amides is 1. The number of para-hydroxylation sites is 1. The van der Waals surface area contributed by atoms with E-state index in [-0.39, 0.29) is 5.91 Å². The maximum Gasteiger partial charge on any atom is 0.243 e. The first kappa shape index (κ1) is 23.7. The highest BCUT2D eigenvalue weighted by atomic mass is 32.2. The lowest BCUT2D eigenvalue weighted by molar-refractivity contribution is -0.122. The van der Waals surface area contributed by atoms with E-state index in [2.05, 4.69) is 5.32 Å². The summed E-state index contributed by atoms with van der Waals surface area (Å²) < 4.78 is 31.8. The van der Waals surface area contributed by atoms with E-state index in [0.29, 0.717) is 25.3 Å². The number of sulfonamides is 1. The number of nitrogens with one attached hydrogen (secondary N) is 1. The van der Waals surface area contributed by atoms with Crippen molar-refractivity contribution in [2.45, 2.75) is 46.1 Å². The lowest BCUT2D eigenvalue weighted by atomic mass is 10.1. The van der Waals surface area contributed by atoms with Crippen LogP contribution < -0.4 is 14.4 Å². The van der Waals surface area contributed by atoms with Gasteiger partial charge in [-0.2, -0.15) is 0 Å². The maximum atomic E-state index is 12.9. The van der Waals surface area contributed by atoms with Gasteiger partial charge < -0.3 is 10.1 Å². The highest BCUT2D eigenvalue weighted by Gasteiger charge is 2.31. The summed E-state index contributed by atoms with van der Waals surface area (Å²) in [5, 5.41) is 2.91. The zero-order valence-electron chi connectivity index (χ0n) is 18.2. The van der Waals surface area contributed by atoms with Crippen molar-refractivity contribution in [3.63, 3.8) is 0 Å². The first-order chi connectivity index (χ1) is 14.3. The number of anilines is 1. The van der Waals surface area contributed by atoms with Crippen molar-refractivity contribution in [3.05, 3.63) is 59.7 Å². The average molecular weight is 433 g/mol. The summed E-state index contributed by atoms with van der Waals surface area (Å²) in [7, 11) is -3.62. The monoisotopic (exact) mass is 432 g/mol. The van der Waals surface area contributed by atoms with Crippen LogP contribution in [0, 0.1) is 6.92 Å². The minimum absolute atomic E-state index is 0.289. The minimum atomic E-state index is -3.62. The SMILES string of the molecule is CCOc1ccccc1CCCNC(=O)C(CC)N(c1cccc(C)c1)S(C)(=O)=O. The summed E-state index contributed by atoms with van der Waals surface area (Å²) in [6.45, 7) is 6.72. The molecule has 0 radical (unpaired) electrons.